The average Bonchev–Trinajstić information content (AvgIpc) is 3.05. The first-order valence-corrected chi connectivity index (χ1v) is 9.29. The van der Waals surface area contributed by atoms with Crippen LogP contribution in [0.15, 0.2) is 40.9 Å². The van der Waals surface area contributed by atoms with Gasteiger partial charge in [-0.15, -0.1) is 0 Å². The van der Waals surface area contributed by atoms with E-state index in [4.69, 9.17) is 9.47 Å². The van der Waals surface area contributed by atoms with Crippen molar-refractivity contribution < 1.29 is 18.7 Å². The monoisotopic (exact) mass is 432 g/mol. The lowest BCUT2D eigenvalue weighted by molar-refractivity contribution is -0.143. The van der Waals surface area contributed by atoms with E-state index in [0.717, 1.165) is 27.7 Å². The van der Waals surface area contributed by atoms with Gasteiger partial charge in [0.05, 0.1) is 20.3 Å². The topological polar surface area (TPSA) is 63.4 Å². The van der Waals surface area contributed by atoms with Gasteiger partial charge in [-0.25, -0.2) is 4.39 Å². The number of carbonyl (C=O) groups excluding carboxylic acids is 1. The highest BCUT2D eigenvalue weighted by atomic mass is 79.9. The maximum Gasteiger partial charge on any atom is 0.323 e. The van der Waals surface area contributed by atoms with E-state index in [1.54, 1.807) is 6.07 Å². The number of benzene rings is 2. The van der Waals surface area contributed by atoms with E-state index in [1.165, 1.54) is 20.3 Å². The summed E-state index contributed by atoms with van der Waals surface area (Å²) in [7, 11) is 2.80. The number of hydrogen-bond acceptors (Lipinski definition) is 4. The largest absolute Gasteiger partial charge is 0.494 e. The quantitative estimate of drug-likeness (QED) is 0.616. The van der Waals surface area contributed by atoms with Crippen LogP contribution in [0.3, 0.4) is 0 Å². The number of rotatable bonds is 3. The SMILES string of the molecule is COC(=O)C1Cc2c([nH]c3ccccc23)C(c2cc(OC)c(F)cc2Br)N1. The summed E-state index contributed by atoms with van der Waals surface area (Å²) in [5, 5.41) is 4.40. The molecule has 2 unspecified atom stereocenters. The first-order chi connectivity index (χ1) is 13.0. The molecule has 3 aromatic rings. The van der Waals surface area contributed by atoms with Crippen molar-refractivity contribution in [3.8, 4) is 5.75 Å². The molecule has 0 saturated carbocycles. The highest BCUT2D eigenvalue weighted by Gasteiger charge is 2.35. The van der Waals surface area contributed by atoms with E-state index in [2.05, 4.69) is 26.2 Å². The molecular weight excluding hydrogens is 415 g/mol. The summed E-state index contributed by atoms with van der Waals surface area (Å²) in [6.07, 6.45) is 0.512. The summed E-state index contributed by atoms with van der Waals surface area (Å²) in [6, 6.07) is 10.1. The number of hydrogen-bond donors (Lipinski definition) is 2. The summed E-state index contributed by atoms with van der Waals surface area (Å²) in [5.41, 5.74) is 3.77. The molecule has 0 radical (unpaired) electrons. The third-order valence-corrected chi connectivity index (χ3v) is 5.67. The molecule has 2 N–H and O–H groups in total. The molecule has 2 heterocycles. The number of carbonyl (C=O) groups is 1. The molecule has 1 aliphatic rings. The first kappa shape index (κ1) is 18.0. The lowest BCUT2D eigenvalue weighted by Crippen LogP contribution is -2.45. The number of aromatic nitrogens is 1. The van der Waals surface area contributed by atoms with Crippen LogP contribution in [0.1, 0.15) is 22.9 Å². The van der Waals surface area contributed by atoms with Crippen molar-refractivity contribution in [2.45, 2.75) is 18.5 Å². The van der Waals surface area contributed by atoms with Crippen molar-refractivity contribution in [2.24, 2.45) is 0 Å². The second-order valence-electron chi connectivity index (χ2n) is 6.45. The molecule has 1 aliphatic heterocycles. The van der Waals surface area contributed by atoms with E-state index < -0.39 is 11.9 Å². The summed E-state index contributed by atoms with van der Waals surface area (Å²) in [4.78, 5) is 15.7. The number of nitrogens with one attached hydrogen (secondary N) is 2. The van der Waals surface area contributed by atoms with Gasteiger partial charge in [-0.05, 0) is 29.3 Å². The van der Waals surface area contributed by atoms with Crippen molar-refractivity contribution in [1.29, 1.82) is 0 Å². The molecule has 140 valence electrons. The van der Waals surface area contributed by atoms with Crippen LogP contribution in [0, 0.1) is 5.82 Å². The number of aromatic amines is 1. The number of methoxy groups -OCH3 is 2. The van der Waals surface area contributed by atoms with Gasteiger partial charge in [-0.2, -0.15) is 0 Å². The average molecular weight is 433 g/mol. The van der Waals surface area contributed by atoms with Crippen LogP contribution in [-0.4, -0.2) is 31.2 Å². The second kappa shape index (κ2) is 6.98. The second-order valence-corrected chi connectivity index (χ2v) is 7.30. The number of fused-ring (bicyclic) bond motifs is 3. The number of esters is 1. The molecule has 4 rings (SSSR count). The van der Waals surface area contributed by atoms with E-state index in [9.17, 15) is 9.18 Å². The van der Waals surface area contributed by atoms with Crippen LogP contribution in [0.5, 0.6) is 5.75 Å². The fourth-order valence-corrected chi connectivity index (χ4v) is 4.24. The zero-order valence-corrected chi connectivity index (χ0v) is 16.4. The molecule has 0 amide bonds. The lowest BCUT2D eigenvalue weighted by Gasteiger charge is -2.31. The Hall–Kier alpha value is -2.38. The maximum absolute atomic E-state index is 14.1. The highest BCUT2D eigenvalue weighted by Crippen LogP contribution is 2.39. The Morgan fingerprint density at radius 3 is 2.78 bits per heavy atom. The Balaban J connectivity index is 1.91. The summed E-state index contributed by atoms with van der Waals surface area (Å²) in [6.45, 7) is 0. The number of para-hydroxylation sites is 1. The van der Waals surface area contributed by atoms with Crippen LogP contribution in [0.2, 0.25) is 0 Å². The van der Waals surface area contributed by atoms with E-state index in [0.29, 0.717) is 10.9 Å². The van der Waals surface area contributed by atoms with Gasteiger partial charge >= 0.3 is 5.97 Å². The standard InChI is InChI=1S/C20H18BrFN2O3/c1-26-17-8-12(13(21)9-14(17)22)19-18-11(7-16(24-19)20(25)27-2)10-5-3-4-6-15(10)23-18/h3-6,8-9,16,19,23-24H,7H2,1-2H3. The number of H-pyrrole nitrogens is 1. The van der Waals surface area contributed by atoms with Crippen LogP contribution < -0.4 is 10.1 Å². The maximum atomic E-state index is 14.1. The summed E-state index contributed by atoms with van der Waals surface area (Å²) in [5.74, 6) is -0.640. The fourth-order valence-electron chi connectivity index (χ4n) is 3.70. The first-order valence-electron chi connectivity index (χ1n) is 8.49. The molecular formula is C20H18BrFN2O3. The van der Waals surface area contributed by atoms with Gasteiger partial charge in [0.2, 0.25) is 0 Å². The minimum Gasteiger partial charge on any atom is -0.494 e. The number of halogens is 2. The van der Waals surface area contributed by atoms with Crippen molar-refractivity contribution in [1.82, 2.24) is 10.3 Å². The van der Waals surface area contributed by atoms with Gasteiger partial charge in [0.15, 0.2) is 11.6 Å². The van der Waals surface area contributed by atoms with E-state index >= 15 is 0 Å². The van der Waals surface area contributed by atoms with Crippen molar-refractivity contribution >= 4 is 32.8 Å². The summed E-state index contributed by atoms with van der Waals surface area (Å²) >= 11 is 3.45. The van der Waals surface area contributed by atoms with Crippen LogP contribution in [-0.2, 0) is 16.0 Å². The van der Waals surface area contributed by atoms with Crippen molar-refractivity contribution in [3.05, 3.63) is 63.5 Å². The Kier molecular flexibility index (Phi) is 4.65. The molecule has 2 atom stereocenters. The molecule has 0 fully saturated rings. The summed E-state index contributed by atoms with van der Waals surface area (Å²) < 4.78 is 24.8. The predicted molar refractivity (Wildman–Crippen MR) is 103 cm³/mol. The van der Waals surface area contributed by atoms with E-state index in [1.807, 2.05) is 24.3 Å². The fraction of sp³-hybridized carbons (Fsp3) is 0.250. The Morgan fingerprint density at radius 1 is 1.26 bits per heavy atom. The van der Waals surface area contributed by atoms with Gasteiger partial charge in [-0.1, -0.05) is 34.1 Å². The third kappa shape index (κ3) is 3.00. The van der Waals surface area contributed by atoms with Crippen molar-refractivity contribution in [2.75, 3.05) is 14.2 Å². The molecule has 5 nitrogen and oxygen atoms in total. The zero-order valence-electron chi connectivity index (χ0n) is 14.8. The Bertz CT molecular complexity index is 1030. The molecule has 1 aromatic heterocycles. The minimum atomic E-state index is -0.505. The molecule has 0 aliphatic carbocycles. The van der Waals surface area contributed by atoms with Crippen LogP contribution in [0.4, 0.5) is 4.39 Å². The minimum absolute atomic E-state index is 0.146. The zero-order chi connectivity index (χ0) is 19.1. The molecule has 27 heavy (non-hydrogen) atoms. The third-order valence-electron chi connectivity index (χ3n) is 4.98. The van der Waals surface area contributed by atoms with Gasteiger partial charge < -0.3 is 14.5 Å². The van der Waals surface area contributed by atoms with Gasteiger partial charge in [0, 0.05) is 27.5 Å². The van der Waals surface area contributed by atoms with Gasteiger partial charge in [-0.3, -0.25) is 10.1 Å². The van der Waals surface area contributed by atoms with Crippen molar-refractivity contribution in [3.63, 3.8) is 0 Å². The van der Waals surface area contributed by atoms with E-state index in [-0.39, 0.29) is 17.8 Å². The lowest BCUT2D eigenvalue weighted by atomic mass is 9.90. The Morgan fingerprint density at radius 2 is 2.04 bits per heavy atom. The Labute approximate surface area is 164 Å². The normalized spacial score (nSPS) is 19.0. The molecule has 0 spiro atoms. The predicted octanol–water partition coefficient (Wildman–Crippen LogP) is 3.85. The van der Waals surface area contributed by atoms with Gasteiger partial charge in [0.1, 0.15) is 6.04 Å². The molecule has 0 saturated heterocycles. The molecule has 2 aromatic carbocycles. The molecule has 7 heteroatoms. The van der Waals surface area contributed by atoms with Crippen LogP contribution >= 0.6 is 15.9 Å². The van der Waals surface area contributed by atoms with Crippen LogP contribution in [0.25, 0.3) is 10.9 Å². The smallest absolute Gasteiger partial charge is 0.323 e. The highest BCUT2D eigenvalue weighted by molar-refractivity contribution is 9.10. The van der Waals surface area contributed by atoms with Gasteiger partial charge in [0.25, 0.3) is 0 Å². The molecule has 0 bridgehead atoms. The number of ether oxygens (including phenoxy) is 2.